The van der Waals surface area contributed by atoms with Gasteiger partial charge in [-0.3, -0.25) is 4.79 Å². The highest BCUT2D eigenvalue weighted by Gasteiger charge is 2.21. The van der Waals surface area contributed by atoms with Crippen LogP contribution in [-0.2, 0) is 0 Å². The number of anilines is 1. The van der Waals surface area contributed by atoms with E-state index in [1.165, 1.54) is 25.3 Å². The van der Waals surface area contributed by atoms with Crippen LogP contribution in [0.5, 0.6) is 5.75 Å². The van der Waals surface area contributed by atoms with E-state index >= 15 is 0 Å². The van der Waals surface area contributed by atoms with Gasteiger partial charge in [0.15, 0.2) is 0 Å². The van der Waals surface area contributed by atoms with Gasteiger partial charge in [-0.05, 0) is 30.3 Å². The molecule has 0 fully saturated rings. The van der Waals surface area contributed by atoms with Crippen LogP contribution in [0, 0.1) is 11.6 Å². The van der Waals surface area contributed by atoms with Crippen LogP contribution in [-0.4, -0.2) is 12.9 Å². The van der Waals surface area contributed by atoms with Crippen LogP contribution in [0.25, 0.3) is 0 Å². The summed E-state index contributed by atoms with van der Waals surface area (Å²) in [7, 11) is 1.42. The van der Waals surface area contributed by atoms with Crippen LogP contribution in [0.4, 0.5) is 14.5 Å². The van der Waals surface area contributed by atoms with E-state index in [0.717, 1.165) is 12.1 Å². The quantitative estimate of drug-likeness (QED) is 0.684. The number of halogens is 2. The summed E-state index contributed by atoms with van der Waals surface area (Å²) in [5.74, 6) is -2.28. The van der Waals surface area contributed by atoms with Crippen molar-refractivity contribution >= 4 is 11.5 Å². The number of methoxy groups -OCH3 is 1. The van der Waals surface area contributed by atoms with Crippen LogP contribution in [0.2, 0.25) is 0 Å². The Morgan fingerprint density at radius 1 is 1.16 bits per heavy atom. The first-order valence-electron chi connectivity index (χ1n) is 5.47. The maximum Gasteiger partial charge on any atom is 0.201 e. The molecule has 2 aromatic carbocycles. The molecule has 98 valence electrons. The molecule has 3 nitrogen and oxygen atoms in total. The Morgan fingerprint density at radius 2 is 1.79 bits per heavy atom. The first-order chi connectivity index (χ1) is 9.04. The summed E-state index contributed by atoms with van der Waals surface area (Å²) in [6.45, 7) is 0. The van der Waals surface area contributed by atoms with Crippen molar-refractivity contribution < 1.29 is 18.3 Å². The first-order valence-corrected chi connectivity index (χ1v) is 5.47. The lowest BCUT2D eigenvalue weighted by Crippen LogP contribution is -2.10. The number of hydrogen-bond acceptors (Lipinski definition) is 3. The second kappa shape index (κ2) is 5.06. The molecule has 2 rings (SSSR count). The zero-order valence-electron chi connectivity index (χ0n) is 10.1. The predicted octanol–water partition coefficient (Wildman–Crippen LogP) is 2.79. The Balaban J connectivity index is 2.56. The van der Waals surface area contributed by atoms with Gasteiger partial charge in [0.05, 0.1) is 12.7 Å². The third-order valence-corrected chi connectivity index (χ3v) is 2.69. The van der Waals surface area contributed by atoms with Crippen LogP contribution in [0.3, 0.4) is 0 Å². The number of carbonyl (C=O) groups excluding carboxylic acids is 1. The van der Waals surface area contributed by atoms with Crippen molar-refractivity contribution in [1.82, 2.24) is 0 Å². The number of carbonyl (C=O) groups is 1. The lowest BCUT2D eigenvalue weighted by molar-refractivity contribution is 0.103. The Kier molecular flexibility index (Phi) is 3.46. The number of rotatable bonds is 3. The smallest absolute Gasteiger partial charge is 0.201 e. The molecule has 5 heteroatoms. The van der Waals surface area contributed by atoms with E-state index in [1.807, 2.05) is 0 Å². The summed E-state index contributed by atoms with van der Waals surface area (Å²) in [5, 5.41) is 0. The molecule has 0 amide bonds. The lowest BCUT2D eigenvalue weighted by atomic mass is 10.0. The van der Waals surface area contributed by atoms with E-state index < -0.39 is 23.0 Å². The molecule has 0 atom stereocenters. The summed E-state index contributed by atoms with van der Waals surface area (Å²) < 4.78 is 32.1. The minimum absolute atomic E-state index is 0.00310. The molecule has 0 aliphatic rings. The fourth-order valence-corrected chi connectivity index (χ4v) is 1.71. The molecule has 0 aromatic heterocycles. The highest BCUT2D eigenvalue weighted by Crippen LogP contribution is 2.24. The number of ketones is 1. The average Bonchev–Trinajstić information content (AvgIpc) is 2.39. The van der Waals surface area contributed by atoms with Crippen molar-refractivity contribution in [1.29, 1.82) is 0 Å². The Morgan fingerprint density at radius 3 is 2.37 bits per heavy atom. The fourth-order valence-electron chi connectivity index (χ4n) is 1.71. The molecule has 2 aromatic rings. The van der Waals surface area contributed by atoms with E-state index in [0.29, 0.717) is 5.75 Å². The van der Waals surface area contributed by atoms with Gasteiger partial charge in [0.2, 0.25) is 5.78 Å². The van der Waals surface area contributed by atoms with Gasteiger partial charge < -0.3 is 10.5 Å². The highest BCUT2D eigenvalue weighted by atomic mass is 19.1. The summed E-state index contributed by atoms with van der Waals surface area (Å²) in [5.41, 5.74) is 5.17. The summed E-state index contributed by atoms with van der Waals surface area (Å²) in [4.78, 5) is 12.2. The van der Waals surface area contributed by atoms with E-state index in [-0.39, 0.29) is 11.3 Å². The Hall–Kier alpha value is -2.43. The second-order valence-electron chi connectivity index (χ2n) is 3.88. The summed E-state index contributed by atoms with van der Waals surface area (Å²) in [6.07, 6.45) is 0. The summed E-state index contributed by atoms with van der Waals surface area (Å²) in [6, 6.07) is 7.59. The largest absolute Gasteiger partial charge is 0.497 e. The Bertz CT molecular complexity index is 621. The topological polar surface area (TPSA) is 52.3 Å². The molecule has 0 aliphatic carbocycles. The molecule has 0 heterocycles. The molecule has 0 radical (unpaired) electrons. The second-order valence-corrected chi connectivity index (χ2v) is 3.88. The molecular formula is C14H11F2NO2. The van der Waals surface area contributed by atoms with Crippen molar-refractivity contribution in [2.45, 2.75) is 0 Å². The number of ether oxygens (including phenoxy) is 1. The maximum absolute atomic E-state index is 13.6. The van der Waals surface area contributed by atoms with Crippen LogP contribution >= 0.6 is 0 Å². The molecule has 0 saturated carbocycles. The van der Waals surface area contributed by atoms with Gasteiger partial charge in [-0.15, -0.1) is 0 Å². The van der Waals surface area contributed by atoms with E-state index in [2.05, 4.69) is 0 Å². The van der Waals surface area contributed by atoms with Crippen molar-refractivity contribution in [3.8, 4) is 5.75 Å². The molecular weight excluding hydrogens is 252 g/mol. The normalized spacial score (nSPS) is 10.3. The van der Waals surface area contributed by atoms with E-state index in [9.17, 15) is 13.6 Å². The number of benzene rings is 2. The van der Waals surface area contributed by atoms with Gasteiger partial charge in [0.1, 0.15) is 17.4 Å². The van der Waals surface area contributed by atoms with E-state index in [1.54, 1.807) is 6.07 Å². The number of nitrogens with two attached hydrogens (primary N) is 1. The fraction of sp³-hybridized carbons (Fsp3) is 0.0714. The van der Waals surface area contributed by atoms with E-state index in [4.69, 9.17) is 10.5 Å². The van der Waals surface area contributed by atoms with Crippen molar-refractivity contribution in [2.24, 2.45) is 0 Å². The van der Waals surface area contributed by atoms with Gasteiger partial charge in [-0.1, -0.05) is 6.07 Å². The minimum Gasteiger partial charge on any atom is -0.497 e. The molecule has 0 saturated heterocycles. The van der Waals surface area contributed by atoms with Gasteiger partial charge in [0, 0.05) is 11.3 Å². The monoisotopic (exact) mass is 263 g/mol. The first kappa shape index (κ1) is 13.0. The van der Waals surface area contributed by atoms with Gasteiger partial charge in [-0.25, -0.2) is 8.78 Å². The SMILES string of the molecule is COc1ccc(N)c(C(=O)c2c(F)cccc2F)c1. The minimum atomic E-state index is -0.924. The lowest BCUT2D eigenvalue weighted by Gasteiger charge is -2.08. The zero-order chi connectivity index (χ0) is 14.0. The van der Waals surface area contributed by atoms with Crippen molar-refractivity contribution in [3.05, 3.63) is 59.2 Å². The molecule has 19 heavy (non-hydrogen) atoms. The molecule has 0 spiro atoms. The number of nitrogen functional groups attached to an aromatic ring is 1. The van der Waals surface area contributed by atoms with Crippen molar-refractivity contribution in [2.75, 3.05) is 12.8 Å². The number of hydrogen-bond donors (Lipinski definition) is 1. The van der Waals surface area contributed by atoms with Crippen LogP contribution in [0.1, 0.15) is 15.9 Å². The molecule has 2 N–H and O–H groups in total. The molecule has 0 bridgehead atoms. The van der Waals surface area contributed by atoms with Gasteiger partial charge in [0.25, 0.3) is 0 Å². The zero-order valence-corrected chi connectivity index (χ0v) is 10.1. The third kappa shape index (κ3) is 2.40. The molecule has 0 aliphatic heterocycles. The van der Waals surface area contributed by atoms with Crippen LogP contribution < -0.4 is 10.5 Å². The van der Waals surface area contributed by atoms with Crippen molar-refractivity contribution in [3.63, 3.8) is 0 Å². The third-order valence-electron chi connectivity index (χ3n) is 2.69. The standard InChI is InChI=1S/C14H11F2NO2/c1-19-8-5-6-12(17)9(7-8)14(18)13-10(15)3-2-4-11(13)16/h2-7H,17H2,1H3. The van der Waals surface area contributed by atoms with Gasteiger partial charge in [-0.2, -0.15) is 0 Å². The maximum atomic E-state index is 13.6. The average molecular weight is 263 g/mol. The van der Waals surface area contributed by atoms with Crippen LogP contribution in [0.15, 0.2) is 36.4 Å². The summed E-state index contributed by atoms with van der Waals surface area (Å²) >= 11 is 0. The highest BCUT2D eigenvalue weighted by molar-refractivity contribution is 6.12. The predicted molar refractivity (Wildman–Crippen MR) is 67.2 cm³/mol. The van der Waals surface area contributed by atoms with Gasteiger partial charge >= 0.3 is 0 Å². The molecule has 0 unspecified atom stereocenters. The Labute approximate surface area is 108 Å².